The average molecular weight is 321 g/mol. The van der Waals surface area contributed by atoms with Gasteiger partial charge in [-0.15, -0.1) is 0 Å². The number of benzene rings is 1. The predicted octanol–water partition coefficient (Wildman–Crippen LogP) is 0.738. The molecular formula is C15H17N2O6-. The van der Waals surface area contributed by atoms with E-state index in [0.717, 1.165) is 6.07 Å². The number of nitrogens with zero attached hydrogens (tertiary/aromatic N) is 2. The Balaban J connectivity index is 2.16. The molecule has 0 bridgehead atoms. The van der Waals surface area contributed by atoms with Crippen LogP contribution in [0.5, 0.6) is 0 Å². The van der Waals surface area contributed by atoms with Gasteiger partial charge in [-0.3, -0.25) is 14.9 Å². The summed E-state index contributed by atoms with van der Waals surface area (Å²) in [7, 11) is 0. The quantitative estimate of drug-likeness (QED) is 0.446. The second kappa shape index (κ2) is 7.08. The number of esters is 1. The van der Waals surface area contributed by atoms with E-state index in [1.165, 1.54) is 12.1 Å². The summed E-state index contributed by atoms with van der Waals surface area (Å²) >= 11 is 0. The van der Waals surface area contributed by atoms with Crippen molar-refractivity contribution in [2.75, 3.05) is 24.6 Å². The second-order valence-corrected chi connectivity index (χ2v) is 5.26. The Hall–Kier alpha value is -2.64. The van der Waals surface area contributed by atoms with Gasteiger partial charge in [-0.1, -0.05) is 0 Å². The highest BCUT2D eigenvalue weighted by Gasteiger charge is 2.27. The lowest BCUT2D eigenvalue weighted by Gasteiger charge is -2.33. The minimum atomic E-state index is -1.46. The van der Waals surface area contributed by atoms with E-state index in [1.54, 1.807) is 11.8 Å². The first-order valence-electron chi connectivity index (χ1n) is 7.35. The zero-order chi connectivity index (χ0) is 17.0. The smallest absolute Gasteiger partial charge is 0.309 e. The first kappa shape index (κ1) is 16.7. The van der Waals surface area contributed by atoms with Crippen molar-refractivity contribution in [2.24, 2.45) is 5.92 Å². The predicted molar refractivity (Wildman–Crippen MR) is 79.0 cm³/mol. The number of carbonyl (C=O) groups excluding carboxylic acids is 2. The molecule has 1 aliphatic rings. The van der Waals surface area contributed by atoms with Gasteiger partial charge < -0.3 is 19.5 Å². The summed E-state index contributed by atoms with van der Waals surface area (Å²) in [5.74, 6) is -1.90. The molecule has 1 heterocycles. The number of anilines is 1. The van der Waals surface area contributed by atoms with Gasteiger partial charge in [0.1, 0.15) is 0 Å². The second-order valence-electron chi connectivity index (χ2n) is 5.26. The standard InChI is InChI=1S/C15H18N2O6/c1-2-23-15(20)10-5-7-16(8-6-10)13-4-3-11(17(21)22)9-12(13)14(18)19/h3-4,9-10H,2,5-8H2,1H3,(H,18,19)/p-1. The third-order valence-electron chi connectivity index (χ3n) is 3.87. The molecule has 8 heteroatoms. The fraction of sp³-hybridized carbons (Fsp3) is 0.467. The number of hydrogen-bond donors (Lipinski definition) is 0. The molecule has 0 N–H and O–H groups in total. The first-order chi connectivity index (χ1) is 10.9. The van der Waals surface area contributed by atoms with Crippen molar-refractivity contribution in [1.82, 2.24) is 0 Å². The molecule has 0 unspecified atom stereocenters. The molecule has 1 fully saturated rings. The molecule has 1 aliphatic heterocycles. The molecule has 0 amide bonds. The van der Waals surface area contributed by atoms with Crippen LogP contribution >= 0.6 is 0 Å². The lowest BCUT2D eigenvalue weighted by Crippen LogP contribution is -2.38. The minimum Gasteiger partial charge on any atom is -0.545 e. The van der Waals surface area contributed by atoms with Crippen LogP contribution in [0, 0.1) is 16.0 Å². The summed E-state index contributed by atoms with van der Waals surface area (Å²) in [6, 6.07) is 3.68. The highest BCUT2D eigenvalue weighted by molar-refractivity contribution is 5.94. The van der Waals surface area contributed by atoms with Gasteiger partial charge in [-0.25, -0.2) is 0 Å². The number of ether oxygens (including phenoxy) is 1. The van der Waals surface area contributed by atoms with Crippen LogP contribution < -0.4 is 10.0 Å². The van der Waals surface area contributed by atoms with E-state index in [0.29, 0.717) is 38.2 Å². The van der Waals surface area contributed by atoms with E-state index in [4.69, 9.17) is 4.74 Å². The van der Waals surface area contributed by atoms with Gasteiger partial charge in [-0.05, 0) is 25.8 Å². The zero-order valence-corrected chi connectivity index (χ0v) is 12.7. The van der Waals surface area contributed by atoms with Gasteiger partial charge in [0.2, 0.25) is 0 Å². The Kier molecular flexibility index (Phi) is 5.15. The maximum absolute atomic E-state index is 11.7. The van der Waals surface area contributed by atoms with Crippen molar-refractivity contribution >= 4 is 23.3 Å². The zero-order valence-electron chi connectivity index (χ0n) is 12.7. The molecule has 2 rings (SSSR count). The van der Waals surface area contributed by atoms with Crippen LogP contribution in [0.25, 0.3) is 0 Å². The normalized spacial score (nSPS) is 15.3. The highest BCUT2D eigenvalue weighted by Crippen LogP contribution is 2.29. The van der Waals surface area contributed by atoms with E-state index in [2.05, 4.69) is 0 Å². The van der Waals surface area contributed by atoms with Crippen molar-refractivity contribution in [3.63, 3.8) is 0 Å². The average Bonchev–Trinajstić information content (AvgIpc) is 2.54. The van der Waals surface area contributed by atoms with Crippen molar-refractivity contribution in [2.45, 2.75) is 19.8 Å². The molecule has 0 radical (unpaired) electrons. The number of piperidine rings is 1. The summed E-state index contributed by atoms with van der Waals surface area (Å²) < 4.78 is 4.99. The number of carboxylic acids is 1. The van der Waals surface area contributed by atoms with Gasteiger partial charge in [0.25, 0.3) is 5.69 Å². The maximum Gasteiger partial charge on any atom is 0.309 e. The molecule has 0 aliphatic carbocycles. The number of non-ortho nitro benzene ring substituents is 1. The Labute approximate surface area is 132 Å². The molecule has 0 spiro atoms. The van der Waals surface area contributed by atoms with Crippen molar-refractivity contribution in [1.29, 1.82) is 0 Å². The molecule has 1 saturated heterocycles. The third-order valence-corrected chi connectivity index (χ3v) is 3.87. The summed E-state index contributed by atoms with van der Waals surface area (Å²) in [4.78, 5) is 34.9. The van der Waals surface area contributed by atoms with E-state index in [1.807, 2.05) is 0 Å². The van der Waals surface area contributed by atoms with Gasteiger partial charge in [0.15, 0.2) is 0 Å². The Bertz CT molecular complexity index is 622. The fourth-order valence-corrected chi connectivity index (χ4v) is 2.69. The minimum absolute atomic E-state index is 0.198. The molecule has 0 saturated carbocycles. The van der Waals surface area contributed by atoms with E-state index in [-0.39, 0.29) is 23.1 Å². The molecule has 124 valence electrons. The maximum atomic E-state index is 11.7. The number of aromatic carboxylic acids is 1. The summed E-state index contributed by atoms with van der Waals surface area (Å²) in [5.41, 5.74) is -0.138. The van der Waals surface area contributed by atoms with Gasteiger partial charge in [0.05, 0.1) is 23.4 Å². The van der Waals surface area contributed by atoms with Crippen LogP contribution in [0.4, 0.5) is 11.4 Å². The van der Waals surface area contributed by atoms with Crippen molar-refractivity contribution < 1.29 is 24.4 Å². The number of hydrogen-bond acceptors (Lipinski definition) is 7. The topological polar surface area (TPSA) is 113 Å². The lowest BCUT2D eigenvalue weighted by molar-refractivity contribution is -0.385. The van der Waals surface area contributed by atoms with Crippen LogP contribution in [0.2, 0.25) is 0 Å². The first-order valence-corrected chi connectivity index (χ1v) is 7.35. The Morgan fingerprint density at radius 1 is 1.35 bits per heavy atom. The molecule has 1 aromatic carbocycles. The number of nitro groups is 1. The number of carbonyl (C=O) groups is 2. The van der Waals surface area contributed by atoms with Crippen LogP contribution in [-0.4, -0.2) is 36.6 Å². The van der Waals surface area contributed by atoms with E-state index < -0.39 is 10.9 Å². The number of nitro benzene ring substituents is 1. The largest absolute Gasteiger partial charge is 0.545 e. The number of rotatable bonds is 5. The third kappa shape index (κ3) is 3.77. The van der Waals surface area contributed by atoms with Crippen LogP contribution in [-0.2, 0) is 9.53 Å². The van der Waals surface area contributed by atoms with Crippen LogP contribution in [0.3, 0.4) is 0 Å². The fourth-order valence-electron chi connectivity index (χ4n) is 2.69. The highest BCUT2D eigenvalue weighted by atomic mass is 16.6. The van der Waals surface area contributed by atoms with Crippen molar-refractivity contribution in [3.8, 4) is 0 Å². The molecule has 0 aromatic heterocycles. The monoisotopic (exact) mass is 321 g/mol. The Morgan fingerprint density at radius 2 is 2.00 bits per heavy atom. The summed E-state index contributed by atoms with van der Waals surface area (Å²) in [6.07, 6.45) is 1.09. The van der Waals surface area contributed by atoms with Gasteiger partial charge >= 0.3 is 5.97 Å². The summed E-state index contributed by atoms with van der Waals surface area (Å²) in [6.45, 7) is 3.02. The van der Waals surface area contributed by atoms with Gasteiger partial charge in [0, 0.05) is 36.5 Å². The molecule has 8 nitrogen and oxygen atoms in total. The molecule has 23 heavy (non-hydrogen) atoms. The van der Waals surface area contributed by atoms with E-state index >= 15 is 0 Å². The van der Waals surface area contributed by atoms with Crippen LogP contribution in [0.15, 0.2) is 18.2 Å². The Morgan fingerprint density at radius 3 is 2.52 bits per heavy atom. The molecular weight excluding hydrogens is 304 g/mol. The lowest BCUT2D eigenvalue weighted by atomic mass is 9.96. The number of carboxylic acid groups (broad SMARTS) is 1. The van der Waals surface area contributed by atoms with Crippen molar-refractivity contribution in [3.05, 3.63) is 33.9 Å². The van der Waals surface area contributed by atoms with Gasteiger partial charge in [-0.2, -0.15) is 0 Å². The van der Waals surface area contributed by atoms with E-state index in [9.17, 15) is 24.8 Å². The summed E-state index contributed by atoms with van der Waals surface area (Å²) in [5, 5.41) is 22.0. The molecule has 1 aromatic rings. The molecule has 0 atom stereocenters. The van der Waals surface area contributed by atoms with Crippen LogP contribution in [0.1, 0.15) is 30.1 Å². The SMILES string of the molecule is CCOC(=O)C1CCN(c2ccc([N+](=O)[O-])cc2C(=O)[O-])CC1.